The first-order valence-electron chi connectivity index (χ1n) is 6.33. The molecule has 0 spiro atoms. The number of pyridine rings is 1. The zero-order chi connectivity index (χ0) is 13.0. The third-order valence-corrected chi connectivity index (χ3v) is 3.20. The van der Waals surface area contributed by atoms with Crippen LogP contribution in [0.3, 0.4) is 0 Å². The Labute approximate surface area is 107 Å². The van der Waals surface area contributed by atoms with Crippen LogP contribution in [0.1, 0.15) is 30.1 Å². The number of hydrogen-bond donors (Lipinski definition) is 1. The van der Waals surface area contributed by atoms with Crippen molar-refractivity contribution in [3.8, 4) is 0 Å². The van der Waals surface area contributed by atoms with Gasteiger partial charge in [0.1, 0.15) is 5.82 Å². The lowest BCUT2D eigenvalue weighted by Crippen LogP contribution is -2.41. The molecule has 98 valence electrons. The fraction of sp³-hybridized carbons (Fsp3) is 0.538. The first-order chi connectivity index (χ1) is 8.72. The van der Waals surface area contributed by atoms with Gasteiger partial charge >= 0.3 is 0 Å². The standard InChI is InChI=1S/C13H19N3O2/c1-2-18-10-5-8-16(9-6-10)13(17)11-4-3-7-15-12(11)14/h3-4,7,10H,2,5-6,8-9H2,1H3,(H2,14,15). The van der Waals surface area contributed by atoms with Crippen LogP contribution in [0.2, 0.25) is 0 Å². The lowest BCUT2D eigenvalue weighted by molar-refractivity contribution is 0.0146. The predicted molar refractivity (Wildman–Crippen MR) is 69.2 cm³/mol. The summed E-state index contributed by atoms with van der Waals surface area (Å²) < 4.78 is 5.57. The lowest BCUT2D eigenvalue weighted by Gasteiger charge is -2.31. The van der Waals surface area contributed by atoms with Crippen LogP contribution in [0.4, 0.5) is 5.82 Å². The van der Waals surface area contributed by atoms with E-state index in [0.717, 1.165) is 32.5 Å². The average Bonchev–Trinajstić information content (AvgIpc) is 2.40. The van der Waals surface area contributed by atoms with E-state index in [-0.39, 0.29) is 12.0 Å². The number of piperidine rings is 1. The van der Waals surface area contributed by atoms with Crippen molar-refractivity contribution in [2.24, 2.45) is 0 Å². The van der Waals surface area contributed by atoms with Gasteiger partial charge in [0, 0.05) is 25.9 Å². The van der Waals surface area contributed by atoms with Crippen molar-refractivity contribution in [1.82, 2.24) is 9.88 Å². The first kappa shape index (κ1) is 12.8. The van der Waals surface area contributed by atoms with Crippen LogP contribution < -0.4 is 5.73 Å². The van der Waals surface area contributed by atoms with Crippen molar-refractivity contribution in [2.45, 2.75) is 25.9 Å². The topological polar surface area (TPSA) is 68.5 Å². The summed E-state index contributed by atoms with van der Waals surface area (Å²) >= 11 is 0. The van der Waals surface area contributed by atoms with Gasteiger partial charge in [0.15, 0.2) is 0 Å². The first-order valence-corrected chi connectivity index (χ1v) is 6.33. The Morgan fingerprint density at radius 1 is 1.56 bits per heavy atom. The Kier molecular flexibility index (Phi) is 4.15. The van der Waals surface area contributed by atoms with Gasteiger partial charge in [-0.15, -0.1) is 0 Å². The molecular weight excluding hydrogens is 230 g/mol. The number of likely N-dealkylation sites (tertiary alicyclic amines) is 1. The van der Waals surface area contributed by atoms with Gasteiger partial charge in [-0.3, -0.25) is 4.79 Å². The molecule has 1 aliphatic heterocycles. The molecule has 2 rings (SSSR count). The molecule has 1 saturated heterocycles. The third-order valence-electron chi connectivity index (χ3n) is 3.20. The molecule has 1 aromatic heterocycles. The fourth-order valence-electron chi connectivity index (χ4n) is 2.23. The van der Waals surface area contributed by atoms with E-state index in [1.54, 1.807) is 18.3 Å². The monoisotopic (exact) mass is 249 g/mol. The molecule has 0 atom stereocenters. The number of ether oxygens (including phenoxy) is 1. The van der Waals surface area contributed by atoms with E-state index in [4.69, 9.17) is 10.5 Å². The number of hydrogen-bond acceptors (Lipinski definition) is 4. The summed E-state index contributed by atoms with van der Waals surface area (Å²) in [6.07, 6.45) is 3.65. The van der Waals surface area contributed by atoms with Crippen molar-refractivity contribution in [3.63, 3.8) is 0 Å². The maximum atomic E-state index is 12.3. The summed E-state index contributed by atoms with van der Waals surface area (Å²) in [5.41, 5.74) is 6.21. The van der Waals surface area contributed by atoms with Gasteiger partial charge in [0.25, 0.3) is 5.91 Å². The zero-order valence-electron chi connectivity index (χ0n) is 10.6. The number of nitrogens with two attached hydrogens (primary N) is 1. The van der Waals surface area contributed by atoms with E-state index >= 15 is 0 Å². The van der Waals surface area contributed by atoms with Crippen LogP contribution in [0, 0.1) is 0 Å². The van der Waals surface area contributed by atoms with Crippen molar-refractivity contribution < 1.29 is 9.53 Å². The maximum absolute atomic E-state index is 12.3. The molecule has 0 aliphatic carbocycles. The minimum absolute atomic E-state index is 0.0319. The zero-order valence-corrected chi connectivity index (χ0v) is 10.6. The molecule has 5 heteroatoms. The maximum Gasteiger partial charge on any atom is 0.257 e. The largest absolute Gasteiger partial charge is 0.383 e. The van der Waals surface area contributed by atoms with E-state index in [1.807, 2.05) is 11.8 Å². The molecule has 2 N–H and O–H groups in total. The van der Waals surface area contributed by atoms with Crippen molar-refractivity contribution >= 4 is 11.7 Å². The van der Waals surface area contributed by atoms with Crippen molar-refractivity contribution in [3.05, 3.63) is 23.9 Å². The van der Waals surface area contributed by atoms with Gasteiger partial charge in [0.2, 0.25) is 0 Å². The molecule has 18 heavy (non-hydrogen) atoms. The number of nitrogens with zero attached hydrogens (tertiary/aromatic N) is 2. The molecule has 1 aliphatic rings. The summed E-state index contributed by atoms with van der Waals surface area (Å²) in [6, 6.07) is 3.45. The number of nitrogen functional groups attached to an aromatic ring is 1. The molecule has 0 bridgehead atoms. The van der Waals surface area contributed by atoms with Gasteiger partial charge < -0.3 is 15.4 Å². The average molecular weight is 249 g/mol. The van der Waals surface area contributed by atoms with E-state index in [9.17, 15) is 4.79 Å². The van der Waals surface area contributed by atoms with Gasteiger partial charge in [-0.25, -0.2) is 4.98 Å². The summed E-state index contributed by atoms with van der Waals surface area (Å²) in [4.78, 5) is 18.0. The fourth-order valence-corrected chi connectivity index (χ4v) is 2.23. The molecule has 1 amide bonds. The van der Waals surface area contributed by atoms with Crippen LogP contribution in [0.25, 0.3) is 0 Å². The number of aromatic nitrogens is 1. The second-order valence-corrected chi connectivity index (χ2v) is 4.38. The highest BCUT2D eigenvalue weighted by Gasteiger charge is 2.24. The molecule has 1 fully saturated rings. The summed E-state index contributed by atoms with van der Waals surface area (Å²) in [5.74, 6) is 0.269. The van der Waals surface area contributed by atoms with Gasteiger partial charge in [-0.05, 0) is 31.9 Å². The third kappa shape index (κ3) is 2.79. The Morgan fingerprint density at radius 3 is 2.89 bits per heavy atom. The highest BCUT2D eigenvalue weighted by molar-refractivity contribution is 5.98. The Hall–Kier alpha value is -1.62. The Morgan fingerprint density at radius 2 is 2.28 bits per heavy atom. The summed E-state index contributed by atoms with van der Waals surface area (Å²) in [6.45, 7) is 4.16. The lowest BCUT2D eigenvalue weighted by atomic mass is 10.1. The van der Waals surface area contributed by atoms with E-state index in [0.29, 0.717) is 11.4 Å². The quantitative estimate of drug-likeness (QED) is 0.876. The molecule has 0 unspecified atom stereocenters. The second-order valence-electron chi connectivity index (χ2n) is 4.38. The molecule has 1 aromatic rings. The summed E-state index contributed by atoms with van der Waals surface area (Å²) in [5, 5.41) is 0. The van der Waals surface area contributed by atoms with Gasteiger partial charge in [-0.1, -0.05) is 0 Å². The highest BCUT2D eigenvalue weighted by atomic mass is 16.5. The molecule has 0 saturated carbocycles. The van der Waals surface area contributed by atoms with Gasteiger partial charge in [0.05, 0.1) is 11.7 Å². The molecule has 0 radical (unpaired) electrons. The van der Waals surface area contributed by atoms with Gasteiger partial charge in [-0.2, -0.15) is 0 Å². The summed E-state index contributed by atoms with van der Waals surface area (Å²) in [7, 11) is 0. The van der Waals surface area contributed by atoms with Crippen molar-refractivity contribution in [2.75, 3.05) is 25.4 Å². The molecular formula is C13H19N3O2. The van der Waals surface area contributed by atoms with Crippen LogP contribution in [0.5, 0.6) is 0 Å². The molecule has 5 nitrogen and oxygen atoms in total. The minimum atomic E-state index is -0.0319. The minimum Gasteiger partial charge on any atom is -0.383 e. The smallest absolute Gasteiger partial charge is 0.257 e. The van der Waals surface area contributed by atoms with Crippen LogP contribution >= 0.6 is 0 Å². The van der Waals surface area contributed by atoms with E-state index in [2.05, 4.69) is 4.98 Å². The SMILES string of the molecule is CCOC1CCN(C(=O)c2cccnc2N)CC1. The number of rotatable bonds is 3. The van der Waals surface area contributed by atoms with Crippen molar-refractivity contribution in [1.29, 1.82) is 0 Å². The number of carbonyl (C=O) groups excluding carboxylic acids is 1. The van der Waals surface area contributed by atoms with Crippen LogP contribution in [-0.2, 0) is 4.74 Å². The predicted octanol–water partition coefficient (Wildman–Crippen LogP) is 1.30. The number of anilines is 1. The second kappa shape index (κ2) is 5.82. The Bertz CT molecular complexity index is 414. The Balaban J connectivity index is 1.98. The normalized spacial score (nSPS) is 16.8. The van der Waals surface area contributed by atoms with E-state index in [1.165, 1.54) is 0 Å². The van der Waals surface area contributed by atoms with Crippen LogP contribution in [0.15, 0.2) is 18.3 Å². The molecule has 2 heterocycles. The van der Waals surface area contributed by atoms with E-state index < -0.39 is 0 Å². The number of carbonyl (C=O) groups is 1. The highest BCUT2D eigenvalue weighted by Crippen LogP contribution is 2.18. The number of amides is 1. The van der Waals surface area contributed by atoms with Crippen LogP contribution in [-0.4, -0.2) is 41.6 Å². The molecule has 0 aromatic carbocycles.